The Morgan fingerprint density at radius 3 is 2.66 bits per heavy atom. The molecule has 4 N–H and O–H groups in total. The maximum absolute atomic E-state index is 12.8. The Labute approximate surface area is 165 Å². The standard InChI is InChI=1S/C18H19N7O4/c1-24-18(21-13(7-19)23-24)20-8-9-2-3-10-11(6-9)17(29)25(16(10)28)12-4-5-14(26)22-15(12)27/h2-3,6,12H,4-5,7-8,19H2,1H3,(H,20,21,23)(H,22,26,27). The summed E-state index contributed by atoms with van der Waals surface area (Å²) in [5.74, 6) is -1.07. The highest BCUT2D eigenvalue weighted by Gasteiger charge is 2.44. The number of benzene rings is 1. The van der Waals surface area contributed by atoms with Crippen molar-refractivity contribution in [3.8, 4) is 0 Å². The predicted molar refractivity (Wildman–Crippen MR) is 99.3 cm³/mol. The van der Waals surface area contributed by atoms with Crippen LogP contribution in [0.15, 0.2) is 18.2 Å². The number of nitrogens with two attached hydrogens (primary N) is 1. The number of carbonyl (C=O) groups is 4. The SMILES string of the molecule is Cn1nc(CN)nc1NCc1ccc2c(c1)C(=O)N(C1CCC(=O)NC1=O)C2=O. The fraction of sp³-hybridized carbons (Fsp3) is 0.333. The van der Waals surface area contributed by atoms with Gasteiger partial charge in [0.2, 0.25) is 17.8 Å². The van der Waals surface area contributed by atoms with Gasteiger partial charge < -0.3 is 11.1 Å². The second kappa shape index (κ2) is 7.09. The summed E-state index contributed by atoms with van der Waals surface area (Å²) >= 11 is 0. The molecule has 2 aromatic rings. The lowest BCUT2D eigenvalue weighted by Gasteiger charge is -2.27. The number of fused-ring (bicyclic) bond motifs is 1. The van der Waals surface area contributed by atoms with E-state index in [1.54, 1.807) is 29.9 Å². The molecular weight excluding hydrogens is 378 g/mol. The molecule has 1 saturated heterocycles. The van der Waals surface area contributed by atoms with E-state index in [-0.39, 0.29) is 30.5 Å². The predicted octanol–water partition coefficient (Wildman–Crippen LogP) is -0.713. The summed E-state index contributed by atoms with van der Waals surface area (Å²) in [6.07, 6.45) is 0.210. The number of imide groups is 2. The minimum Gasteiger partial charge on any atom is -0.350 e. The van der Waals surface area contributed by atoms with Crippen LogP contribution in [0, 0.1) is 0 Å². The number of amides is 4. The molecular formula is C18H19N7O4. The van der Waals surface area contributed by atoms with Gasteiger partial charge in [-0.05, 0) is 24.1 Å². The zero-order chi connectivity index (χ0) is 20.7. The number of nitrogens with one attached hydrogen (secondary N) is 2. The van der Waals surface area contributed by atoms with Crippen LogP contribution in [0.5, 0.6) is 0 Å². The lowest BCUT2D eigenvalue weighted by molar-refractivity contribution is -0.136. The molecule has 11 heteroatoms. The first kappa shape index (κ1) is 18.7. The largest absolute Gasteiger partial charge is 0.350 e. The Balaban J connectivity index is 1.53. The van der Waals surface area contributed by atoms with Crippen molar-refractivity contribution in [1.29, 1.82) is 0 Å². The Kier molecular flexibility index (Phi) is 4.59. The Morgan fingerprint density at radius 1 is 1.21 bits per heavy atom. The average Bonchev–Trinajstić information content (AvgIpc) is 3.18. The molecule has 1 fully saturated rings. The first-order valence-electron chi connectivity index (χ1n) is 9.07. The molecule has 0 bridgehead atoms. The lowest BCUT2D eigenvalue weighted by atomic mass is 10.0. The molecule has 150 valence electrons. The van der Waals surface area contributed by atoms with E-state index in [2.05, 4.69) is 20.7 Å². The van der Waals surface area contributed by atoms with Gasteiger partial charge in [-0.1, -0.05) is 6.07 Å². The summed E-state index contributed by atoms with van der Waals surface area (Å²) in [5.41, 5.74) is 6.77. The maximum Gasteiger partial charge on any atom is 0.262 e. The molecule has 1 atom stereocenters. The minimum absolute atomic E-state index is 0.0848. The number of anilines is 1. The van der Waals surface area contributed by atoms with E-state index in [1.165, 1.54) is 0 Å². The molecule has 1 aromatic carbocycles. The number of carbonyl (C=O) groups excluding carboxylic acids is 4. The number of hydrogen-bond donors (Lipinski definition) is 3. The molecule has 1 aromatic heterocycles. The molecule has 0 radical (unpaired) electrons. The maximum atomic E-state index is 12.8. The summed E-state index contributed by atoms with van der Waals surface area (Å²) < 4.78 is 1.56. The van der Waals surface area contributed by atoms with Crippen LogP contribution in [-0.4, -0.2) is 49.3 Å². The molecule has 11 nitrogen and oxygen atoms in total. The smallest absolute Gasteiger partial charge is 0.262 e. The molecule has 2 aliphatic heterocycles. The quantitative estimate of drug-likeness (QED) is 0.559. The van der Waals surface area contributed by atoms with Gasteiger partial charge in [0.05, 0.1) is 17.7 Å². The average molecular weight is 397 g/mol. The first-order chi connectivity index (χ1) is 13.9. The van der Waals surface area contributed by atoms with Crippen molar-refractivity contribution in [2.24, 2.45) is 12.8 Å². The van der Waals surface area contributed by atoms with E-state index in [1.807, 2.05) is 0 Å². The van der Waals surface area contributed by atoms with Gasteiger partial charge in [0.15, 0.2) is 5.82 Å². The molecule has 4 amide bonds. The summed E-state index contributed by atoms with van der Waals surface area (Å²) in [5, 5.41) is 9.43. The van der Waals surface area contributed by atoms with Crippen molar-refractivity contribution in [3.05, 3.63) is 40.7 Å². The zero-order valence-corrected chi connectivity index (χ0v) is 15.6. The van der Waals surface area contributed by atoms with Gasteiger partial charge in [0, 0.05) is 20.0 Å². The minimum atomic E-state index is -0.977. The first-order valence-corrected chi connectivity index (χ1v) is 9.07. The second-order valence-corrected chi connectivity index (χ2v) is 6.86. The van der Waals surface area contributed by atoms with Gasteiger partial charge in [-0.15, -0.1) is 0 Å². The highest BCUT2D eigenvalue weighted by atomic mass is 16.2. The van der Waals surface area contributed by atoms with Crippen LogP contribution in [0.3, 0.4) is 0 Å². The fourth-order valence-electron chi connectivity index (χ4n) is 3.49. The van der Waals surface area contributed by atoms with Crippen LogP contribution in [0.4, 0.5) is 5.95 Å². The molecule has 3 heterocycles. The molecule has 2 aliphatic rings. The van der Waals surface area contributed by atoms with Crippen molar-refractivity contribution in [2.75, 3.05) is 5.32 Å². The van der Waals surface area contributed by atoms with Crippen LogP contribution >= 0.6 is 0 Å². The van der Waals surface area contributed by atoms with Gasteiger partial charge in [0.1, 0.15) is 6.04 Å². The molecule has 4 rings (SSSR count). The van der Waals surface area contributed by atoms with E-state index < -0.39 is 29.7 Å². The number of rotatable bonds is 5. The third-order valence-corrected chi connectivity index (χ3v) is 4.94. The van der Waals surface area contributed by atoms with E-state index in [0.717, 1.165) is 10.5 Å². The van der Waals surface area contributed by atoms with E-state index in [9.17, 15) is 19.2 Å². The van der Waals surface area contributed by atoms with Crippen LogP contribution in [-0.2, 0) is 29.7 Å². The number of nitrogens with zero attached hydrogens (tertiary/aromatic N) is 4. The Morgan fingerprint density at radius 2 is 1.97 bits per heavy atom. The van der Waals surface area contributed by atoms with Gasteiger partial charge in [0.25, 0.3) is 11.8 Å². The van der Waals surface area contributed by atoms with E-state index in [0.29, 0.717) is 18.3 Å². The lowest BCUT2D eigenvalue weighted by Crippen LogP contribution is -2.54. The van der Waals surface area contributed by atoms with Gasteiger partial charge >= 0.3 is 0 Å². The third kappa shape index (κ3) is 3.25. The van der Waals surface area contributed by atoms with Crippen molar-refractivity contribution < 1.29 is 19.2 Å². The van der Waals surface area contributed by atoms with E-state index in [4.69, 9.17) is 5.73 Å². The van der Waals surface area contributed by atoms with Crippen LogP contribution in [0.1, 0.15) is 44.9 Å². The van der Waals surface area contributed by atoms with Gasteiger partial charge in [-0.2, -0.15) is 10.1 Å². The van der Waals surface area contributed by atoms with Crippen LogP contribution in [0.2, 0.25) is 0 Å². The van der Waals surface area contributed by atoms with Crippen molar-refractivity contribution in [2.45, 2.75) is 32.0 Å². The van der Waals surface area contributed by atoms with Crippen molar-refractivity contribution in [3.63, 3.8) is 0 Å². The molecule has 1 unspecified atom stereocenters. The van der Waals surface area contributed by atoms with Gasteiger partial charge in [-0.3, -0.25) is 29.4 Å². The number of aryl methyl sites for hydroxylation is 1. The number of piperidine rings is 1. The number of hydrogen-bond acceptors (Lipinski definition) is 8. The van der Waals surface area contributed by atoms with Crippen molar-refractivity contribution in [1.82, 2.24) is 25.0 Å². The van der Waals surface area contributed by atoms with Crippen LogP contribution in [0.25, 0.3) is 0 Å². The highest BCUT2D eigenvalue weighted by molar-refractivity contribution is 6.23. The summed E-state index contributed by atoms with van der Waals surface area (Å²) in [4.78, 5) is 54.2. The highest BCUT2D eigenvalue weighted by Crippen LogP contribution is 2.28. The molecule has 0 saturated carbocycles. The monoisotopic (exact) mass is 397 g/mol. The Hall–Kier alpha value is -3.60. The Bertz CT molecular complexity index is 1040. The molecule has 0 aliphatic carbocycles. The fourth-order valence-corrected chi connectivity index (χ4v) is 3.49. The normalized spacial score (nSPS) is 18.8. The summed E-state index contributed by atoms with van der Waals surface area (Å²) in [7, 11) is 1.73. The number of aromatic nitrogens is 3. The summed E-state index contributed by atoms with van der Waals surface area (Å²) in [6, 6.07) is 3.94. The van der Waals surface area contributed by atoms with Crippen LogP contribution < -0.4 is 16.4 Å². The molecule has 0 spiro atoms. The molecule has 29 heavy (non-hydrogen) atoms. The van der Waals surface area contributed by atoms with Crippen molar-refractivity contribution >= 4 is 29.6 Å². The van der Waals surface area contributed by atoms with Gasteiger partial charge in [-0.25, -0.2) is 4.68 Å². The van der Waals surface area contributed by atoms with E-state index >= 15 is 0 Å². The second-order valence-electron chi connectivity index (χ2n) is 6.86. The third-order valence-electron chi connectivity index (χ3n) is 4.94. The summed E-state index contributed by atoms with van der Waals surface area (Å²) in [6.45, 7) is 0.574. The zero-order valence-electron chi connectivity index (χ0n) is 15.6. The topological polar surface area (TPSA) is 152 Å².